The molecule has 23 heavy (non-hydrogen) atoms. The van der Waals surface area contributed by atoms with Gasteiger partial charge in [0, 0.05) is 6.20 Å². The number of carbonyl (C=O) groups is 2. The number of anilines is 2. The van der Waals surface area contributed by atoms with E-state index in [0.29, 0.717) is 17.9 Å². The number of amides is 2. The highest BCUT2D eigenvalue weighted by Crippen LogP contribution is 2.28. The molecule has 1 aliphatic heterocycles. The lowest BCUT2D eigenvalue weighted by molar-refractivity contribution is -0.136. The first kappa shape index (κ1) is 15.9. The molecule has 1 saturated carbocycles. The molecule has 1 aliphatic carbocycles. The molecule has 6 nitrogen and oxygen atoms in total. The van der Waals surface area contributed by atoms with Gasteiger partial charge in [0.1, 0.15) is 12.6 Å². The molecule has 2 aliphatic rings. The van der Waals surface area contributed by atoms with Gasteiger partial charge in [-0.1, -0.05) is 26.2 Å². The molecule has 0 aromatic carbocycles. The zero-order valence-corrected chi connectivity index (χ0v) is 13.5. The molecule has 124 valence electrons. The predicted octanol–water partition coefficient (Wildman–Crippen LogP) is 2.49. The standard InChI is InChI=1S/C17H23N3O3/c1-2-14(23-12-7-4-3-5-8-12)17(22)20-11-15(21)19-13-9-6-10-18-16(13)20/h6,9-10,12,14H,2-5,7-8,11H2,1H3,(H,19,21). The maximum absolute atomic E-state index is 12.9. The Morgan fingerprint density at radius 2 is 2.22 bits per heavy atom. The summed E-state index contributed by atoms with van der Waals surface area (Å²) in [5.41, 5.74) is 0.574. The predicted molar refractivity (Wildman–Crippen MR) is 87.3 cm³/mol. The molecule has 1 aromatic rings. The fourth-order valence-electron chi connectivity index (χ4n) is 3.24. The molecule has 1 N–H and O–H groups in total. The molecule has 0 spiro atoms. The van der Waals surface area contributed by atoms with Gasteiger partial charge in [-0.05, 0) is 31.4 Å². The van der Waals surface area contributed by atoms with E-state index in [9.17, 15) is 9.59 Å². The lowest BCUT2D eigenvalue weighted by Gasteiger charge is -2.32. The van der Waals surface area contributed by atoms with Crippen LogP contribution in [0.4, 0.5) is 11.5 Å². The van der Waals surface area contributed by atoms with Gasteiger partial charge in [-0.25, -0.2) is 4.98 Å². The third kappa shape index (κ3) is 3.52. The first-order chi connectivity index (χ1) is 11.2. The molecule has 2 amide bonds. The van der Waals surface area contributed by atoms with Crippen LogP contribution in [0.15, 0.2) is 18.3 Å². The lowest BCUT2D eigenvalue weighted by atomic mass is 9.97. The van der Waals surface area contributed by atoms with Crippen molar-refractivity contribution in [2.75, 3.05) is 16.8 Å². The second-order valence-electron chi connectivity index (χ2n) is 6.14. The molecule has 0 saturated heterocycles. The third-order valence-electron chi connectivity index (χ3n) is 4.44. The van der Waals surface area contributed by atoms with Gasteiger partial charge < -0.3 is 10.1 Å². The highest BCUT2D eigenvalue weighted by molar-refractivity contribution is 6.10. The van der Waals surface area contributed by atoms with Crippen LogP contribution < -0.4 is 10.2 Å². The minimum atomic E-state index is -0.515. The molecule has 1 fully saturated rings. The number of hydrogen-bond donors (Lipinski definition) is 1. The first-order valence-corrected chi connectivity index (χ1v) is 8.40. The van der Waals surface area contributed by atoms with Gasteiger partial charge in [-0.3, -0.25) is 14.5 Å². The number of nitrogens with one attached hydrogen (secondary N) is 1. The van der Waals surface area contributed by atoms with Gasteiger partial charge in [-0.2, -0.15) is 0 Å². The topological polar surface area (TPSA) is 71.5 Å². The normalized spacial score (nSPS) is 19.9. The number of ether oxygens (including phenoxy) is 1. The Balaban J connectivity index is 1.76. The van der Waals surface area contributed by atoms with E-state index in [1.165, 1.54) is 11.3 Å². The SMILES string of the molecule is CCC(OC1CCCCC1)C(=O)N1CC(=O)Nc2cccnc21. The minimum absolute atomic E-state index is 0.00657. The van der Waals surface area contributed by atoms with E-state index in [1.807, 2.05) is 6.92 Å². The number of hydrogen-bond acceptors (Lipinski definition) is 4. The number of carbonyl (C=O) groups excluding carboxylic acids is 2. The molecule has 3 rings (SSSR count). The summed E-state index contributed by atoms with van der Waals surface area (Å²) in [7, 11) is 0. The summed E-state index contributed by atoms with van der Waals surface area (Å²) in [5.74, 6) is 0.127. The second kappa shape index (κ2) is 7.08. The Morgan fingerprint density at radius 1 is 1.43 bits per heavy atom. The smallest absolute Gasteiger partial charge is 0.257 e. The molecule has 1 aromatic heterocycles. The number of fused-ring (bicyclic) bond motifs is 1. The lowest BCUT2D eigenvalue weighted by Crippen LogP contribution is -2.48. The van der Waals surface area contributed by atoms with Crippen LogP contribution in [0.5, 0.6) is 0 Å². The first-order valence-electron chi connectivity index (χ1n) is 8.40. The van der Waals surface area contributed by atoms with E-state index in [2.05, 4.69) is 10.3 Å². The Labute approximate surface area is 136 Å². The van der Waals surface area contributed by atoms with Gasteiger partial charge in [-0.15, -0.1) is 0 Å². The van der Waals surface area contributed by atoms with Crippen LogP contribution in [0.2, 0.25) is 0 Å². The minimum Gasteiger partial charge on any atom is -0.365 e. The van der Waals surface area contributed by atoms with E-state index < -0.39 is 6.10 Å². The van der Waals surface area contributed by atoms with E-state index in [4.69, 9.17) is 4.74 Å². The van der Waals surface area contributed by atoms with Crippen molar-refractivity contribution in [3.8, 4) is 0 Å². The average molecular weight is 317 g/mol. The third-order valence-corrected chi connectivity index (χ3v) is 4.44. The summed E-state index contributed by atoms with van der Waals surface area (Å²) in [5, 5.41) is 2.75. The van der Waals surface area contributed by atoms with Crippen molar-refractivity contribution < 1.29 is 14.3 Å². The average Bonchev–Trinajstić information content (AvgIpc) is 2.59. The molecule has 0 radical (unpaired) electrons. The van der Waals surface area contributed by atoms with Crippen molar-refractivity contribution in [1.29, 1.82) is 0 Å². The molecular formula is C17H23N3O3. The highest BCUT2D eigenvalue weighted by atomic mass is 16.5. The Bertz CT molecular complexity index is 584. The van der Waals surface area contributed by atoms with Crippen molar-refractivity contribution in [3.05, 3.63) is 18.3 Å². The van der Waals surface area contributed by atoms with Crippen LogP contribution in [0.1, 0.15) is 45.4 Å². The Kier molecular flexibility index (Phi) is 4.91. The number of rotatable bonds is 4. The maximum atomic E-state index is 12.9. The van der Waals surface area contributed by atoms with Gasteiger partial charge in [0.15, 0.2) is 5.82 Å². The highest BCUT2D eigenvalue weighted by Gasteiger charge is 2.33. The van der Waals surface area contributed by atoms with Crippen molar-refractivity contribution in [1.82, 2.24) is 4.98 Å². The van der Waals surface area contributed by atoms with Crippen LogP contribution in [-0.2, 0) is 14.3 Å². The fourth-order valence-corrected chi connectivity index (χ4v) is 3.24. The van der Waals surface area contributed by atoms with Crippen LogP contribution in [0, 0.1) is 0 Å². The quantitative estimate of drug-likeness (QED) is 0.926. The molecule has 1 atom stereocenters. The van der Waals surface area contributed by atoms with Gasteiger partial charge in [0.05, 0.1) is 11.8 Å². The van der Waals surface area contributed by atoms with Crippen molar-refractivity contribution >= 4 is 23.3 Å². The fraction of sp³-hybridized carbons (Fsp3) is 0.588. The van der Waals surface area contributed by atoms with Crippen LogP contribution in [0.3, 0.4) is 0 Å². The second-order valence-corrected chi connectivity index (χ2v) is 6.14. The van der Waals surface area contributed by atoms with E-state index in [1.54, 1.807) is 18.3 Å². The number of aromatic nitrogens is 1. The summed E-state index contributed by atoms with van der Waals surface area (Å²) < 4.78 is 6.06. The summed E-state index contributed by atoms with van der Waals surface area (Å²) >= 11 is 0. The summed E-state index contributed by atoms with van der Waals surface area (Å²) in [6.07, 6.45) is 7.44. The van der Waals surface area contributed by atoms with Crippen LogP contribution in [0.25, 0.3) is 0 Å². The van der Waals surface area contributed by atoms with Gasteiger partial charge >= 0.3 is 0 Å². The largest absolute Gasteiger partial charge is 0.365 e. The molecule has 2 heterocycles. The van der Waals surface area contributed by atoms with Gasteiger partial charge in [0.25, 0.3) is 5.91 Å². The number of nitrogens with zero attached hydrogens (tertiary/aromatic N) is 2. The van der Waals surface area contributed by atoms with E-state index in [0.717, 1.165) is 25.7 Å². The van der Waals surface area contributed by atoms with E-state index in [-0.39, 0.29) is 24.5 Å². The zero-order chi connectivity index (χ0) is 16.2. The zero-order valence-electron chi connectivity index (χ0n) is 13.5. The summed E-state index contributed by atoms with van der Waals surface area (Å²) in [4.78, 5) is 30.5. The molecule has 0 bridgehead atoms. The number of pyridine rings is 1. The summed E-state index contributed by atoms with van der Waals surface area (Å²) in [6, 6.07) is 3.49. The van der Waals surface area contributed by atoms with Crippen LogP contribution >= 0.6 is 0 Å². The monoisotopic (exact) mass is 317 g/mol. The van der Waals surface area contributed by atoms with Gasteiger partial charge in [0.2, 0.25) is 5.91 Å². The summed E-state index contributed by atoms with van der Waals surface area (Å²) in [6.45, 7) is 1.93. The molecule has 1 unspecified atom stereocenters. The van der Waals surface area contributed by atoms with Crippen molar-refractivity contribution in [2.45, 2.75) is 57.7 Å². The van der Waals surface area contributed by atoms with E-state index >= 15 is 0 Å². The van der Waals surface area contributed by atoms with Crippen LogP contribution in [-0.4, -0.2) is 35.6 Å². The molecule has 6 heteroatoms. The Hall–Kier alpha value is -1.95. The maximum Gasteiger partial charge on any atom is 0.257 e. The van der Waals surface area contributed by atoms with Crippen molar-refractivity contribution in [2.24, 2.45) is 0 Å². The van der Waals surface area contributed by atoms with Crippen molar-refractivity contribution in [3.63, 3.8) is 0 Å². The Morgan fingerprint density at radius 3 is 2.96 bits per heavy atom. The molecular weight excluding hydrogens is 294 g/mol.